The third kappa shape index (κ3) is 3.76. The molecule has 0 spiro atoms. The maximum atomic E-state index is 12.1. The van der Waals surface area contributed by atoms with E-state index in [0.29, 0.717) is 17.5 Å². The van der Waals surface area contributed by atoms with Crippen molar-refractivity contribution in [2.45, 2.75) is 26.0 Å². The number of carbonyl (C=O) groups excluding carboxylic acids is 1. The first-order chi connectivity index (χ1) is 10.0. The average molecular weight is 303 g/mol. The first-order valence-corrected chi connectivity index (χ1v) is 8.08. The van der Waals surface area contributed by atoms with E-state index in [9.17, 15) is 13.2 Å². The summed E-state index contributed by atoms with van der Waals surface area (Å²) in [5, 5.41) is 0. The predicted octanol–water partition coefficient (Wildman–Crippen LogP) is 2.76. The Hall–Kier alpha value is -2.01. The zero-order valence-corrected chi connectivity index (χ0v) is 12.9. The topological polar surface area (TPSA) is 64.1 Å². The van der Waals surface area contributed by atoms with Gasteiger partial charge < -0.3 is 0 Å². The van der Waals surface area contributed by atoms with Crippen LogP contribution in [0.2, 0.25) is 0 Å². The van der Waals surface area contributed by atoms with Gasteiger partial charge in [-0.25, -0.2) is 8.42 Å². The van der Waals surface area contributed by atoms with Gasteiger partial charge in [-0.2, -0.15) is 0 Å². The van der Waals surface area contributed by atoms with E-state index in [1.165, 1.54) is 0 Å². The molecule has 0 aliphatic carbocycles. The number of benzene rings is 1. The summed E-state index contributed by atoms with van der Waals surface area (Å²) in [6, 6.07) is 9.01. The molecule has 5 heteroatoms. The van der Waals surface area contributed by atoms with Crippen LogP contribution in [0.15, 0.2) is 36.5 Å². The second-order valence-electron chi connectivity index (χ2n) is 4.84. The summed E-state index contributed by atoms with van der Waals surface area (Å²) >= 11 is 0. The number of hydrogen-bond donors (Lipinski definition) is 1. The molecule has 1 aromatic heterocycles. The van der Waals surface area contributed by atoms with E-state index in [2.05, 4.69) is 4.98 Å². The Morgan fingerprint density at radius 2 is 1.95 bits per heavy atom. The SMILES string of the molecule is CCC(=O)c1cc(C[SH](=O)=O)ccc1-c1ccc(C)nc1. The molecule has 2 aromatic rings. The van der Waals surface area contributed by atoms with E-state index in [0.717, 1.165) is 16.8 Å². The van der Waals surface area contributed by atoms with Crippen molar-refractivity contribution in [1.29, 1.82) is 0 Å². The van der Waals surface area contributed by atoms with Crippen molar-refractivity contribution in [3.05, 3.63) is 53.3 Å². The van der Waals surface area contributed by atoms with Gasteiger partial charge in [0.2, 0.25) is 0 Å². The second-order valence-corrected chi connectivity index (χ2v) is 5.82. The molecule has 0 atom stereocenters. The molecule has 21 heavy (non-hydrogen) atoms. The molecule has 0 N–H and O–H groups in total. The summed E-state index contributed by atoms with van der Waals surface area (Å²) in [5.74, 6) is -0.0558. The molecule has 0 aliphatic heterocycles. The van der Waals surface area contributed by atoms with Crippen LogP contribution in [0, 0.1) is 6.92 Å². The van der Waals surface area contributed by atoms with E-state index in [-0.39, 0.29) is 11.5 Å². The zero-order chi connectivity index (χ0) is 15.4. The monoisotopic (exact) mass is 303 g/mol. The lowest BCUT2D eigenvalue weighted by Gasteiger charge is -2.10. The van der Waals surface area contributed by atoms with Crippen molar-refractivity contribution in [2.24, 2.45) is 0 Å². The molecule has 2 rings (SSSR count). The maximum absolute atomic E-state index is 12.1. The first-order valence-electron chi connectivity index (χ1n) is 6.72. The van der Waals surface area contributed by atoms with Crippen LogP contribution in [0.25, 0.3) is 11.1 Å². The first kappa shape index (κ1) is 15.4. The number of ketones is 1. The smallest absolute Gasteiger partial charge is 0.163 e. The van der Waals surface area contributed by atoms with E-state index in [4.69, 9.17) is 0 Å². The van der Waals surface area contributed by atoms with Gasteiger partial charge in [0.15, 0.2) is 5.78 Å². The highest BCUT2D eigenvalue weighted by molar-refractivity contribution is 7.71. The third-order valence-electron chi connectivity index (χ3n) is 3.24. The number of thiol groups is 1. The van der Waals surface area contributed by atoms with Crippen LogP contribution in [0.3, 0.4) is 0 Å². The summed E-state index contributed by atoms with van der Waals surface area (Å²) in [6.07, 6.45) is 2.10. The Balaban J connectivity index is 2.54. The number of hydrogen-bond acceptors (Lipinski definition) is 4. The molecule has 1 aromatic carbocycles. The Bertz CT molecular complexity index is 726. The molecule has 0 fully saturated rings. The van der Waals surface area contributed by atoms with Crippen molar-refractivity contribution >= 4 is 16.5 Å². The Morgan fingerprint density at radius 1 is 1.19 bits per heavy atom. The fourth-order valence-corrected chi connectivity index (χ4v) is 2.63. The highest BCUT2D eigenvalue weighted by Crippen LogP contribution is 2.26. The van der Waals surface area contributed by atoms with Crippen LogP contribution in [-0.4, -0.2) is 19.2 Å². The molecule has 0 bridgehead atoms. The average Bonchev–Trinajstić information content (AvgIpc) is 2.47. The molecule has 0 unspecified atom stereocenters. The van der Waals surface area contributed by atoms with Crippen molar-refractivity contribution in [1.82, 2.24) is 4.98 Å². The van der Waals surface area contributed by atoms with Crippen LogP contribution in [0.4, 0.5) is 0 Å². The summed E-state index contributed by atoms with van der Waals surface area (Å²) in [6.45, 7) is 3.69. The molecule has 4 nitrogen and oxygen atoms in total. The molecule has 0 saturated heterocycles. The lowest BCUT2D eigenvalue weighted by molar-refractivity contribution is 0.0988. The molecule has 0 aliphatic rings. The van der Waals surface area contributed by atoms with Gasteiger partial charge in [-0.05, 0) is 30.2 Å². The number of pyridine rings is 1. The van der Waals surface area contributed by atoms with Crippen LogP contribution in [-0.2, 0) is 16.5 Å². The van der Waals surface area contributed by atoms with Crippen molar-refractivity contribution in [2.75, 3.05) is 0 Å². The summed E-state index contributed by atoms with van der Waals surface area (Å²) in [7, 11) is -2.50. The van der Waals surface area contributed by atoms with Gasteiger partial charge in [0.25, 0.3) is 0 Å². The summed E-state index contributed by atoms with van der Waals surface area (Å²) in [4.78, 5) is 16.4. The molecular formula is C16H17NO3S. The van der Waals surface area contributed by atoms with Crippen LogP contribution >= 0.6 is 0 Å². The van der Waals surface area contributed by atoms with Gasteiger partial charge in [-0.3, -0.25) is 9.78 Å². The van der Waals surface area contributed by atoms with Crippen LogP contribution in [0.1, 0.15) is 35.0 Å². The maximum Gasteiger partial charge on any atom is 0.163 e. The fourth-order valence-electron chi connectivity index (χ4n) is 2.14. The van der Waals surface area contributed by atoms with Gasteiger partial charge in [0, 0.05) is 29.4 Å². The Morgan fingerprint density at radius 3 is 2.52 bits per heavy atom. The molecule has 0 saturated carbocycles. The highest BCUT2D eigenvalue weighted by Gasteiger charge is 2.13. The number of Topliss-reactive ketones (excluding diaryl/α,β-unsaturated/α-hetero) is 1. The van der Waals surface area contributed by atoms with Crippen molar-refractivity contribution in [3.63, 3.8) is 0 Å². The summed E-state index contributed by atoms with van der Waals surface area (Å²) in [5.41, 5.74) is 3.74. The lowest BCUT2D eigenvalue weighted by Crippen LogP contribution is -2.02. The van der Waals surface area contributed by atoms with Gasteiger partial charge in [-0.15, -0.1) is 0 Å². The normalized spacial score (nSPS) is 10.8. The minimum Gasteiger partial charge on any atom is -0.294 e. The molecule has 1 heterocycles. The largest absolute Gasteiger partial charge is 0.294 e. The highest BCUT2D eigenvalue weighted by atomic mass is 32.2. The Labute approximate surface area is 125 Å². The van der Waals surface area contributed by atoms with Crippen molar-refractivity contribution < 1.29 is 13.2 Å². The Kier molecular flexibility index (Phi) is 4.85. The second kappa shape index (κ2) is 6.63. The number of aryl methyl sites for hydroxylation is 1. The number of aromatic nitrogens is 1. The fraction of sp³-hybridized carbons (Fsp3) is 0.250. The minimum absolute atomic E-state index is 0.00597. The lowest BCUT2D eigenvalue weighted by atomic mass is 9.95. The number of nitrogens with zero attached hydrogens (tertiary/aromatic N) is 1. The minimum atomic E-state index is -2.50. The van der Waals surface area contributed by atoms with Gasteiger partial charge in [0.05, 0.1) is 5.75 Å². The molecular weight excluding hydrogens is 286 g/mol. The standard InChI is InChI=1S/C16H17NO3S/c1-3-16(18)15-8-12(10-21(19)20)5-7-14(15)13-6-4-11(2)17-9-13/h4-9,21H,3,10H2,1-2H3. The van der Waals surface area contributed by atoms with Crippen LogP contribution < -0.4 is 0 Å². The molecule has 0 radical (unpaired) electrons. The predicted molar refractivity (Wildman–Crippen MR) is 83.1 cm³/mol. The zero-order valence-electron chi connectivity index (χ0n) is 12.0. The molecule has 0 amide bonds. The number of rotatable bonds is 5. The molecule has 110 valence electrons. The van der Waals surface area contributed by atoms with Crippen molar-refractivity contribution in [3.8, 4) is 11.1 Å². The van der Waals surface area contributed by atoms with Crippen LogP contribution in [0.5, 0.6) is 0 Å². The van der Waals surface area contributed by atoms with Gasteiger partial charge in [0.1, 0.15) is 10.7 Å². The third-order valence-corrected chi connectivity index (χ3v) is 3.86. The van der Waals surface area contributed by atoms with Gasteiger partial charge >= 0.3 is 0 Å². The van der Waals surface area contributed by atoms with E-state index in [1.807, 2.05) is 19.1 Å². The van der Waals surface area contributed by atoms with E-state index >= 15 is 0 Å². The number of carbonyl (C=O) groups is 1. The van der Waals surface area contributed by atoms with E-state index in [1.54, 1.807) is 31.3 Å². The van der Waals surface area contributed by atoms with E-state index < -0.39 is 10.7 Å². The quantitative estimate of drug-likeness (QED) is 0.681. The summed E-state index contributed by atoms with van der Waals surface area (Å²) < 4.78 is 21.7. The van der Waals surface area contributed by atoms with Gasteiger partial charge in [-0.1, -0.05) is 25.1 Å².